The van der Waals surface area contributed by atoms with Crippen molar-refractivity contribution >= 4 is 16.9 Å². The summed E-state index contributed by atoms with van der Waals surface area (Å²) < 4.78 is 16.2. The van der Waals surface area contributed by atoms with Gasteiger partial charge in [0.15, 0.2) is 22.7 Å². The van der Waals surface area contributed by atoms with Crippen molar-refractivity contribution in [1.82, 2.24) is 5.32 Å². The highest BCUT2D eigenvalue weighted by atomic mass is 16.7. The van der Waals surface area contributed by atoms with Gasteiger partial charge < -0.3 is 19.2 Å². The second-order valence-electron chi connectivity index (χ2n) is 6.28. The normalized spacial score (nSPS) is 12.4. The van der Waals surface area contributed by atoms with Gasteiger partial charge in [0.2, 0.25) is 6.79 Å². The second-order valence-corrected chi connectivity index (χ2v) is 6.28. The SMILES string of the molecule is Cc1cc2oc(C(=O)NCc3ccc4c(c3)OCO4)cc(=O)c2cc1C. The molecule has 0 saturated heterocycles. The Hall–Kier alpha value is -3.28. The molecule has 0 fully saturated rings. The van der Waals surface area contributed by atoms with E-state index in [9.17, 15) is 9.59 Å². The van der Waals surface area contributed by atoms with Crippen molar-refractivity contribution in [3.8, 4) is 11.5 Å². The first-order valence-electron chi connectivity index (χ1n) is 8.23. The van der Waals surface area contributed by atoms with Gasteiger partial charge in [0.25, 0.3) is 5.91 Å². The fraction of sp³-hybridized carbons (Fsp3) is 0.200. The third kappa shape index (κ3) is 2.90. The number of aryl methyl sites for hydroxylation is 2. The number of nitrogens with one attached hydrogen (secondary N) is 1. The minimum Gasteiger partial charge on any atom is -0.454 e. The minimum absolute atomic E-state index is 0.00787. The largest absolute Gasteiger partial charge is 0.454 e. The van der Waals surface area contributed by atoms with E-state index in [-0.39, 0.29) is 24.5 Å². The molecule has 1 aliphatic heterocycles. The molecule has 0 spiro atoms. The zero-order valence-corrected chi connectivity index (χ0v) is 14.4. The molecule has 1 amide bonds. The molecule has 0 saturated carbocycles. The van der Waals surface area contributed by atoms with E-state index in [0.717, 1.165) is 16.7 Å². The lowest BCUT2D eigenvalue weighted by molar-refractivity contribution is 0.0923. The van der Waals surface area contributed by atoms with Crippen molar-refractivity contribution in [2.75, 3.05) is 6.79 Å². The van der Waals surface area contributed by atoms with Gasteiger partial charge in [0.05, 0.1) is 5.39 Å². The van der Waals surface area contributed by atoms with Crippen LogP contribution in [0.15, 0.2) is 45.6 Å². The van der Waals surface area contributed by atoms with Crippen LogP contribution in [-0.2, 0) is 6.54 Å². The van der Waals surface area contributed by atoms with Gasteiger partial charge in [-0.05, 0) is 54.8 Å². The molecule has 0 unspecified atom stereocenters. The summed E-state index contributed by atoms with van der Waals surface area (Å²) in [4.78, 5) is 24.7. The standard InChI is InChI=1S/C20H17NO5/c1-11-5-14-15(22)8-19(26-17(14)6-12(11)2)20(23)21-9-13-3-4-16-18(7-13)25-10-24-16/h3-8H,9-10H2,1-2H3,(H,21,23). The Kier molecular flexibility index (Phi) is 3.88. The highest BCUT2D eigenvalue weighted by Gasteiger charge is 2.15. The fourth-order valence-corrected chi connectivity index (χ4v) is 2.84. The van der Waals surface area contributed by atoms with Crippen LogP contribution in [-0.4, -0.2) is 12.7 Å². The first kappa shape index (κ1) is 16.2. The smallest absolute Gasteiger partial charge is 0.287 e. The molecule has 1 aliphatic rings. The molecule has 3 aromatic rings. The lowest BCUT2D eigenvalue weighted by Gasteiger charge is -2.07. The zero-order chi connectivity index (χ0) is 18.3. The maximum atomic E-state index is 12.4. The number of amides is 1. The van der Waals surface area contributed by atoms with Crippen molar-refractivity contribution in [2.24, 2.45) is 0 Å². The molecular weight excluding hydrogens is 334 g/mol. The molecule has 6 nitrogen and oxygen atoms in total. The summed E-state index contributed by atoms with van der Waals surface area (Å²) in [6.07, 6.45) is 0. The van der Waals surface area contributed by atoms with Crippen LogP contribution in [0.25, 0.3) is 11.0 Å². The Balaban J connectivity index is 1.56. The number of ether oxygens (including phenoxy) is 2. The lowest BCUT2D eigenvalue weighted by atomic mass is 10.1. The number of rotatable bonds is 3. The maximum absolute atomic E-state index is 12.4. The van der Waals surface area contributed by atoms with E-state index in [2.05, 4.69) is 5.32 Å². The van der Waals surface area contributed by atoms with Crippen LogP contribution in [0, 0.1) is 13.8 Å². The third-order valence-corrected chi connectivity index (χ3v) is 4.46. The molecule has 2 aromatic carbocycles. The molecule has 0 atom stereocenters. The second kappa shape index (κ2) is 6.22. The predicted molar refractivity (Wildman–Crippen MR) is 95.7 cm³/mol. The van der Waals surface area contributed by atoms with Crippen molar-refractivity contribution in [3.63, 3.8) is 0 Å². The average molecular weight is 351 g/mol. The van der Waals surface area contributed by atoms with Gasteiger partial charge in [-0.15, -0.1) is 0 Å². The molecular formula is C20H17NO5. The van der Waals surface area contributed by atoms with Gasteiger partial charge >= 0.3 is 0 Å². The van der Waals surface area contributed by atoms with Crippen molar-refractivity contribution in [2.45, 2.75) is 20.4 Å². The molecule has 26 heavy (non-hydrogen) atoms. The van der Waals surface area contributed by atoms with E-state index >= 15 is 0 Å². The van der Waals surface area contributed by atoms with Gasteiger partial charge in [-0.1, -0.05) is 6.07 Å². The molecule has 132 valence electrons. The summed E-state index contributed by atoms with van der Waals surface area (Å²) in [5.74, 6) is 0.887. The Morgan fingerprint density at radius 1 is 1.04 bits per heavy atom. The van der Waals surface area contributed by atoms with Gasteiger partial charge in [0.1, 0.15) is 5.58 Å². The molecule has 1 N–H and O–H groups in total. The van der Waals surface area contributed by atoms with Crippen LogP contribution in [0.4, 0.5) is 0 Å². The van der Waals surface area contributed by atoms with Crippen LogP contribution >= 0.6 is 0 Å². The summed E-state index contributed by atoms with van der Waals surface area (Å²) in [6.45, 7) is 4.35. The van der Waals surface area contributed by atoms with E-state index in [1.165, 1.54) is 6.07 Å². The fourth-order valence-electron chi connectivity index (χ4n) is 2.84. The van der Waals surface area contributed by atoms with Crippen LogP contribution in [0.2, 0.25) is 0 Å². The number of fused-ring (bicyclic) bond motifs is 2. The monoisotopic (exact) mass is 351 g/mol. The van der Waals surface area contributed by atoms with E-state index in [4.69, 9.17) is 13.9 Å². The zero-order valence-electron chi connectivity index (χ0n) is 14.4. The predicted octanol–water partition coefficient (Wildman–Crippen LogP) is 3.07. The van der Waals surface area contributed by atoms with Crippen molar-refractivity contribution < 1.29 is 18.7 Å². The summed E-state index contributed by atoms with van der Waals surface area (Å²) in [6, 6.07) is 10.2. The molecule has 4 rings (SSSR count). The molecule has 1 aromatic heterocycles. The maximum Gasteiger partial charge on any atom is 0.287 e. The van der Waals surface area contributed by atoms with E-state index in [1.54, 1.807) is 18.2 Å². The van der Waals surface area contributed by atoms with Crippen LogP contribution in [0.3, 0.4) is 0 Å². The number of hydrogen-bond donors (Lipinski definition) is 1. The van der Waals surface area contributed by atoms with E-state index in [0.29, 0.717) is 22.5 Å². The Labute approximate surface area is 149 Å². The van der Waals surface area contributed by atoms with E-state index < -0.39 is 5.91 Å². The van der Waals surface area contributed by atoms with Crippen LogP contribution in [0.1, 0.15) is 27.2 Å². The molecule has 0 aliphatic carbocycles. The first-order chi connectivity index (χ1) is 12.5. The molecule has 6 heteroatoms. The van der Waals surface area contributed by atoms with Crippen LogP contribution < -0.4 is 20.2 Å². The Bertz CT molecular complexity index is 1080. The number of carbonyl (C=O) groups is 1. The number of benzene rings is 2. The third-order valence-electron chi connectivity index (χ3n) is 4.46. The quantitative estimate of drug-likeness (QED) is 0.785. The highest BCUT2D eigenvalue weighted by molar-refractivity contribution is 5.93. The summed E-state index contributed by atoms with van der Waals surface area (Å²) in [5.41, 5.74) is 3.04. The highest BCUT2D eigenvalue weighted by Crippen LogP contribution is 2.32. The van der Waals surface area contributed by atoms with Gasteiger partial charge in [0, 0.05) is 12.6 Å². The molecule has 2 heterocycles. The van der Waals surface area contributed by atoms with Crippen molar-refractivity contribution in [1.29, 1.82) is 0 Å². The number of carbonyl (C=O) groups excluding carboxylic acids is 1. The lowest BCUT2D eigenvalue weighted by Crippen LogP contribution is -2.24. The average Bonchev–Trinajstić information content (AvgIpc) is 3.09. The topological polar surface area (TPSA) is 77.8 Å². The summed E-state index contributed by atoms with van der Waals surface area (Å²) in [7, 11) is 0. The van der Waals surface area contributed by atoms with E-state index in [1.807, 2.05) is 26.0 Å². The summed E-state index contributed by atoms with van der Waals surface area (Å²) in [5, 5.41) is 3.23. The molecule has 0 bridgehead atoms. The first-order valence-corrected chi connectivity index (χ1v) is 8.23. The van der Waals surface area contributed by atoms with Crippen LogP contribution in [0.5, 0.6) is 11.5 Å². The summed E-state index contributed by atoms with van der Waals surface area (Å²) >= 11 is 0. The molecule has 0 radical (unpaired) electrons. The number of hydrogen-bond acceptors (Lipinski definition) is 5. The van der Waals surface area contributed by atoms with Gasteiger partial charge in [-0.3, -0.25) is 9.59 Å². The van der Waals surface area contributed by atoms with Gasteiger partial charge in [-0.2, -0.15) is 0 Å². The van der Waals surface area contributed by atoms with Crippen molar-refractivity contribution in [3.05, 3.63) is 69.1 Å². The van der Waals surface area contributed by atoms with Gasteiger partial charge in [-0.25, -0.2) is 0 Å². The Morgan fingerprint density at radius 3 is 2.65 bits per heavy atom. The minimum atomic E-state index is -0.445. The Morgan fingerprint density at radius 2 is 1.81 bits per heavy atom.